The van der Waals surface area contributed by atoms with Crippen molar-refractivity contribution in [3.05, 3.63) is 23.6 Å². The average Bonchev–Trinajstić information content (AvgIpc) is 2.64. The van der Waals surface area contributed by atoms with Gasteiger partial charge < -0.3 is 10.6 Å². The number of amides is 1. The minimum absolute atomic E-state index is 0.0563. The molecule has 110 valence electrons. The maximum Gasteiger partial charge on any atom is 0.254 e. The third-order valence-electron chi connectivity index (χ3n) is 4.05. The van der Waals surface area contributed by atoms with Gasteiger partial charge in [-0.2, -0.15) is 0 Å². The molecule has 1 saturated carbocycles. The Morgan fingerprint density at radius 1 is 1.35 bits per heavy atom. The summed E-state index contributed by atoms with van der Waals surface area (Å²) in [5.74, 6) is -0.393. The Kier molecular flexibility index (Phi) is 4.93. The molecule has 20 heavy (non-hydrogen) atoms. The molecule has 2 N–H and O–H groups in total. The summed E-state index contributed by atoms with van der Waals surface area (Å²) in [5.41, 5.74) is 0.0563. The molecule has 1 fully saturated rings. The Labute approximate surface area is 119 Å². The van der Waals surface area contributed by atoms with Gasteiger partial charge in [0.1, 0.15) is 0 Å². The van der Waals surface area contributed by atoms with Crippen LogP contribution in [0, 0.1) is 11.7 Å². The van der Waals surface area contributed by atoms with Crippen LogP contribution in [0.5, 0.6) is 0 Å². The van der Waals surface area contributed by atoms with Gasteiger partial charge >= 0.3 is 0 Å². The zero-order valence-electron chi connectivity index (χ0n) is 12.1. The van der Waals surface area contributed by atoms with Gasteiger partial charge in [0.25, 0.3) is 5.91 Å². The molecule has 0 aliphatic heterocycles. The molecule has 1 amide bonds. The minimum atomic E-state index is -0.589. The maximum absolute atomic E-state index is 14.1. The van der Waals surface area contributed by atoms with Gasteiger partial charge in [-0.3, -0.25) is 4.79 Å². The number of anilines is 1. The van der Waals surface area contributed by atoms with Crippen molar-refractivity contribution < 1.29 is 9.18 Å². The minimum Gasteiger partial charge on any atom is -0.371 e. The lowest BCUT2D eigenvalue weighted by atomic mass is 9.96. The third-order valence-corrected chi connectivity index (χ3v) is 4.05. The normalized spacial score (nSPS) is 22.9. The summed E-state index contributed by atoms with van der Waals surface area (Å²) in [4.78, 5) is 16.1. The van der Waals surface area contributed by atoms with E-state index in [1.807, 2.05) is 0 Å². The molecular weight excluding hydrogens is 257 g/mol. The summed E-state index contributed by atoms with van der Waals surface area (Å²) in [6, 6.07) is 1.56. The number of halogens is 1. The highest BCUT2D eigenvalue weighted by Gasteiger charge is 2.24. The van der Waals surface area contributed by atoms with Gasteiger partial charge in [-0.05, 0) is 24.8 Å². The number of aromatic nitrogens is 1. The van der Waals surface area contributed by atoms with Crippen molar-refractivity contribution in [3.8, 4) is 0 Å². The highest BCUT2D eigenvalue weighted by molar-refractivity contribution is 5.95. The first kappa shape index (κ1) is 14.8. The van der Waals surface area contributed by atoms with Crippen molar-refractivity contribution >= 4 is 11.7 Å². The zero-order valence-corrected chi connectivity index (χ0v) is 12.1. The van der Waals surface area contributed by atoms with E-state index in [-0.39, 0.29) is 23.3 Å². The molecule has 1 aromatic heterocycles. The fraction of sp³-hybridized carbons (Fsp3) is 0.600. The number of carbonyl (C=O) groups excluding carboxylic acids is 1. The lowest BCUT2D eigenvalue weighted by Gasteiger charge is -2.23. The monoisotopic (exact) mass is 279 g/mol. The predicted octanol–water partition coefficient (Wildman–Crippen LogP) is 2.96. The molecule has 1 heterocycles. The second-order valence-electron chi connectivity index (χ2n) is 5.47. The Bertz CT molecular complexity index is 478. The fourth-order valence-electron chi connectivity index (χ4n) is 2.75. The first-order chi connectivity index (χ1) is 9.63. The van der Waals surface area contributed by atoms with E-state index in [4.69, 9.17) is 0 Å². The van der Waals surface area contributed by atoms with Crippen molar-refractivity contribution in [2.45, 2.75) is 45.1 Å². The zero-order chi connectivity index (χ0) is 14.5. The summed E-state index contributed by atoms with van der Waals surface area (Å²) < 4.78 is 14.1. The second-order valence-corrected chi connectivity index (χ2v) is 5.47. The summed E-state index contributed by atoms with van der Waals surface area (Å²) in [6.45, 7) is 2.15. The summed E-state index contributed by atoms with van der Waals surface area (Å²) >= 11 is 0. The molecular formula is C15H22FN3O. The van der Waals surface area contributed by atoms with Gasteiger partial charge in [0.2, 0.25) is 0 Å². The van der Waals surface area contributed by atoms with Crippen LogP contribution in [0.25, 0.3) is 0 Å². The van der Waals surface area contributed by atoms with Crippen LogP contribution in [0.4, 0.5) is 10.2 Å². The highest BCUT2D eigenvalue weighted by atomic mass is 19.1. The number of carbonyl (C=O) groups is 1. The van der Waals surface area contributed by atoms with E-state index >= 15 is 0 Å². The number of pyridine rings is 1. The van der Waals surface area contributed by atoms with Crippen LogP contribution in [0.15, 0.2) is 12.3 Å². The molecule has 5 heteroatoms. The SMILES string of the molecule is CNc1nccc(C(=O)NC2CCCCCC2C)c1F. The predicted molar refractivity (Wildman–Crippen MR) is 77.2 cm³/mol. The van der Waals surface area contributed by atoms with Gasteiger partial charge in [-0.25, -0.2) is 9.37 Å². The molecule has 0 spiro atoms. The molecule has 1 aliphatic carbocycles. The standard InChI is InChI=1S/C15H22FN3O/c1-10-6-4-3-5-7-12(10)19-15(20)11-8-9-18-14(17-2)13(11)16/h8-10,12H,3-7H2,1-2H3,(H,17,18)(H,19,20). The number of hydrogen-bond acceptors (Lipinski definition) is 3. The summed E-state index contributed by atoms with van der Waals surface area (Å²) in [6.07, 6.45) is 7.07. The van der Waals surface area contributed by atoms with Crippen LogP contribution in [0.2, 0.25) is 0 Å². The van der Waals surface area contributed by atoms with Gasteiger partial charge in [-0.1, -0.05) is 26.2 Å². The Morgan fingerprint density at radius 2 is 2.10 bits per heavy atom. The summed E-state index contributed by atoms with van der Waals surface area (Å²) in [7, 11) is 1.58. The topological polar surface area (TPSA) is 54.0 Å². The van der Waals surface area contributed by atoms with E-state index in [1.54, 1.807) is 7.05 Å². The second kappa shape index (κ2) is 6.68. The Morgan fingerprint density at radius 3 is 2.85 bits per heavy atom. The Balaban J connectivity index is 2.11. The molecule has 1 aliphatic rings. The number of nitrogens with zero attached hydrogens (tertiary/aromatic N) is 1. The van der Waals surface area contributed by atoms with Crippen LogP contribution in [-0.2, 0) is 0 Å². The van der Waals surface area contributed by atoms with Gasteiger partial charge in [0, 0.05) is 19.3 Å². The largest absolute Gasteiger partial charge is 0.371 e. The lowest BCUT2D eigenvalue weighted by Crippen LogP contribution is -2.39. The quantitative estimate of drug-likeness (QED) is 0.836. The fourth-order valence-corrected chi connectivity index (χ4v) is 2.75. The van der Waals surface area contributed by atoms with Crippen LogP contribution < -0.4 is 10.6 Å². The molecule has 1 aromatic rings. The van der Waals surface area contributed by atoms with Crippen LogP contribution in [-0.4, -0.2) is 24.0 Å². The van der Waals surface area contributed by atoms with Gasteiger partial charge in [-0.15, -0.1) is 0 Å². The van der Waals surface area contributed by atoms with Gasteiger partial charge in [0.05, 0.1) is 5.56 Å². The summed E-state index contributed by atoms with van der Waals surface area (Å²) in [5, 5.41) is 5.63. The lowest BCUT2D eigenvalue weighted by molar-refractivity contribution is 0.0917. The molecule has 2 unspecified atom stereocenters. The number of hydrogen-bond donors (Lipinski definition) is 2. The maximum atomic E-state index is 14.1. The van der Waals surface area contributed by atoms with Crippen molar-refractivity contribution in [2.24, 2.45) is 5.92 Å². The van der Waals surface area contributed by atoms with Crippen molar-refractivity contribution in [2.75, 3.05) is 12.4 Å². The average molecular weight is 279 g/mol. The number of rotatable bonds is 3. The Hall–Kier alpha value is -1.65. The van der Waals surface area contributed by atoms with E-state index in [1.165, 1.54) is 25.1 Å². The van der Waals surface area contributed by atoms with Crippen LogP contribution >= 0.6 is 0 Å². The first-order valence-corrected chi connectivity index (χ1v) is 7.26. The van der Waals surface area contributed by atoms with Crippen LogP contribution in [0.1, 0.15) is 49.4 Å². The molecule has 0 radical (unpaired) electrons. The van der Waals surface area contributed by atoms with E-state index in [0.29, 0.717) is 5.92 Å². The third kappa shape index (κ3) is 3.26. The van der Waals surface area contributed by atoms with E-state index < -0.39 is 5.82 Å². The van der Waals surface area contributed by atoms with Crippen LogP contribution in [0.3, 0.4) is 0 Å². The van der Waals surface area contributed by atoms with Crippen molar-refractivity contribution in [1.29, 1.82) is 0 Å². The van der Waals surface area contributed by atoms with Crippen molar-refractivity contribution in [3.63, 3.8) is 0 Å². The smallest absolute Gasteiger partial charge is 0.254 e. The molecule has 0 bridgehead atoms. The molecule has 2 atom stereocenters. The van der Waals surface area contributed by atoms with E-state index in [2.05, 4.69) is 22.5 Å². The molecule has 0 saturated heterocycles. The molecule has 4 nitrogen and oxygen atoms in total. The van der Waals surface area contributed by atoms with E-state index in [9.17, 15) is 9.18 Å². The highest BCUT2D eigenvalue weighted by Crippen LogP contribution is 2.23. The number of nitrogens with one attached hydrogen (secondary N) is 2. The molecule has 2 rings (SSSR count). The first-order valence-electron chi connectivity index (χ1n) is 7.26. The molecule has 0 aromatic carbocycles. The van der Waals surface area contributed by atoms with Crippen molar-refractivity contribution in [1.82, 2.24) is 10.3 Å². The van der Waals surface area contributed by atoms with E-state index in [0.717, 1.165) is 19.3 Å². The van der Waals surface area contributed by atoms with Gasteiger partial charge in [0.15, 0.2) is 11.6 Å².